The fourth-order valence-electron chi connectivity index (χ4n) is 2.18. The molecule has 82 valence electrons. The lowest BCUT2D eigenvalue weighted by Gasteiger charge is -2.41. The Hall–Kier alpha value is -0.640. The van der Waals surface area contributed by atoms with Crippen LogP contribution in [0.4, 0.5) is 4.39 Å². The Morgan fingerprint density at radius 3 is 2.86 bits per heavy atom. The predicted molar refractivity (Wildman–Crippen MR) is 51.7 cm³/mol. The molecule has 2 atom stereocenters. The van der Waals surface area contributed by atoms with E-state index >= 15 is 0 Å². The first kappa shape index (κ1) is 11.4. The van der Waals surface area contributed by atoms with Crippen LogP contribution < -0.4 is 0 Å². The van der Waals surface area contributed by atoms with Crippen LogP contribution in [0.25, 0.3) is 0 Å². The zero-order chi connectivity index (χ0) is 10.8. The van der Waals surface area contributed by atoms with E-state index in [1.807, 2.05) is 11.9 Å². The third-order valence-electron chi connectivity index (χ3n) is 3.20. The fourth-order valence-corrected chi connectivity index (χ4v) is 2.18. The number of hydrogen-bond donors (Lipinski definition) is 0. The number of esters is 1. The maximum atomic E-state index is 12.8. The number of piperidine rings is 1. The first-order chi connectivity index (χ1) is 6.54. The van der Waals surface area contributed by atoms with Crippen LogP contribution in [0.1, 0.15) is 13.3 Å². The van der Waals surface area contributed by atoms with E-state index in [1.54, 1.807) is 6.92 Å². The van der Waals surface area contributed by atoms with Crippen LogP contribution in [0.3, 0.4) is 0 Å². The first-order valence-corrected chi connectivity index (χ1v) is 4.87. The monoisotopic (exact) mass is 203 g/mol. The molecule has 0 aromatic carbocycles. The van der Waals surface area contributed by atoms with Crippen LogP contribution >= 0.6 is 0 Å². The highest BCUT2D eigenvalue weighted by Gasteiger charge is 2.45. The van der Waals surface area contributed by atoms with Gasteiger partial charge in [0.1, 0.15) is 0 Å². The molecule has 3 nitrogen and oxygen atoms in total. The fraction of sp³-hybridized carbons (Fsp3) is 0.900. The summed E-state index contributed by atoms with van der Waals surface area (Å²) in [6.07, 6.45) is 0.721. The largest absolute Gasteiger partial charge is 0.469 e. The van der Waals surface area contributed by atoms with Gasteiger partial charge in [0.15, 0.2) is 0 Å². The zero-order valence-electron chi connectivity index (χ0n) is 9.05. The molecular formula is C10H18FNO2. The SMILES string of the molecule is COC(=O)[C@]1(C)CN(C)CCC1CF. The predicted octanol–water partition coefficient (Wildman–Crippen LogP) is 1.09. The van der Waals surface area contributed by atoms with Crippen molar-refractivity contribution >= 4 is 5.97 Å². The maximum Gasteiger partial charge on any atom is 0.313 e. The Bertz CT molecular complexity index is 222. The third-order valence-corrected chi connectivity index (χ3v) is 3.20. The van der Waals surface area contributed by atoms with E-state index in [4.69, 9.17) is 4.74 Å². The van der Waals surface area contributed by atoms with Crippen molar-refractivity contribution in [3.8, 4) is 0 Å². The summed E-state index contributed by atoms with van der Waals surface area (Å²) in [5.74, 6) is -0.502. The van der Waals surface area contributed by atoms with Crippen molar-refractivity contribution in [2.24, 2.45) is 11.3 Å². The van der Waals surface area contributed by atoms with Crippen molar-refractivity contribution in [1.82, 2.24) is 4.90 Å². The van der Waals surface area contributed by atoms with Gasteiger partial charge >= 0.3 is 5.97 Å². The quantitative estimate of drug-likeness (QED) is 0.629. The molecule has 1 aliphatic rings. The molecular weight excluding hydrogens is 185 g/mol. The molecule has 0 spiro atoms. The van der Waals surface area contributed by atoms with Crippen LogP contribution in [-0.2, 0) is 9.53 Å². The van der Waals surface area contributed by atoms with Crippen LogP contribution in [0.2, 0.25) is 0 Å². The lowest BCUT2D eigenvalue weighted by molar-refractivity contribution is -0.159. The van der Waals surface area contributed by atoms with E-state index in [-0.39, 0.29) is 11.9 Å². The summed E-state index contributed by atoms with van der Waals surface area (Å²) in [6.45, 7) is 2.77. The van der Waals surface area contributed by atoms with Gasteiger partial charge in [-0.05, 0) is 26.9 Å². The van der Waals surface area contributed by atoms with Gasteiger partial charge in [-0.1, -0.05) is 0 Å². The number of ether oxygens (including phenoxy) is 1. The van der Waals surface area contributed by atoms with Crippen LogP contribution in [0.15, 0.2) is 0 Å². The molecule has 0 saturated carbocycles. The summed E-state index contributed by atoms with van der Waals surface area (Å²) in [6, 6.07) is 0. The minimum atomic E-state index is -0.684. The average Bonchev–Trinajstić information content (AvgIpc) is 2.16. The molecule has 1 saturated heterocycles. The van der Waals surface area contributed by atoms with Crippen molar-refractivity contribution in [2.75, 3.05) is 33.9 Å². The zero-order valence-corrected chi connectivity index (χ0v) is 9.05. The van der Waals surface area contributed by atoms with E-state index in [9.17, 15) is 9.18 Å². The second kappa shape index (κ2) is 4.26. The van der Waals surface area contributed by atoms with E-state index < -0.39 is 12.1 Å². The summed E-state index contributed by atoms with van der Waals surface area (Å²) in [5.41, 5.74) is -0.684. The smallest absolute Gasteiger partial charge is 0.313 e. The summed E-state index contributed by atoms with van der Waals surface area (Å²) in [4.78, 5) is 13.6. The van der Waals surface area contributed by atoms with E-state index in [2.05, 4.69) is 0 Å². The molecule has 0 bridgehead atoms. The lowest BCUT2D eigenvalue weighted by atomic mass is 9.73. The summed E-state index contributed by atoms with van der Waals surface area (Å²) >= 11 is 0. The number of halogens is 1. The topological polar surface area (TPSA) is 29.5 Å². The van der Waals surface area contributed by atoms with Crippen molar-refractivity contribution in [3.63, 3.8) is 0 Å². The van der Waals surface area contributed by atoms with Gasteiger partial charge in [0.25, 0.3) is 0 Å². The summed E-state index contributed by atoms with van der Waals surface area (Å²) in [7, 11) is 3.30. The number of carbonyl (C=O) groups is 1. The van der Waals surface area contributed by atoms with Gasteiger partial charge in [-0.15, -0.1) is 0 Å². The Labute approximate surface area is 84.2 Å². The van der Waals surface area contributed by atoms with Gasteiger partial charge in [-0.2, -0.15) is 0 Å². The number of carbonyl (C=O) groups excluding carboxylic acids is 1. The van der Waals surface area contributed by atoms with Gasteiger partial charge in [-0.3, -0.25) is 9.18 Å². The van der Waals surface area contributed by atoms with Gasteiger partial charge in [0.2, 0.25) is 0 Å². The molecule has 1 fully saturated rings. The average molecular weight is 203 g/mol. The van der Waals surface area contributed by atoms with E-state index in [1.165, 1.54) is 7.11 Å². The van der Waals surface area contributed by atoms with E-state index in [0.717, 1.165) is 13.0 Å². The van der Waals surface area contributed by atoms with Crippen LogP contribution in [0.5, 0.6) is 0 Å². The summed E-state index contributed by atoms with van der Waals surface area (Å²) in [5, 5.41) is 0. The highest BCUT2D eigenvalue weighted by molar-refractivity contribution is 5.77. The molecule has 1 unspecified atom stereocenters. The van der Waals surface area contributed by atoms with E-state index in [0.29, 0.717) is 6.54 Å². The van der Waals surface area contributed by atoms with Crippen molar-refractivity contribution in [2.45, 2.75) is 13.3 Å². The highest BCUT2D eigenvalue weighted by Crippen LogP contribution is 2.36. The molecule has 4 heteroatoms. The molecule has 1 heterocycles. The van der Waals surface area contributed by atoms with Crippen molar-refractivity contribution in [3.05, 3.63) is 0 Å². The molecule has 0 aromatic rings. The second-order valence-electron chi connectivity index (χ2n) is 4.29. The number of methoxy groups -OCH3 is 1. The minimum Gasteiger partial charge on any atom is -0.469 e. The number of rotatable bonds is 2. The van der Waals surface area contributed by atoms with Crippen LogP contribution in [-0.4, -0.2) is 44.8 Å². The Morgan fingerprint density at radius 2 is 2.36 bits per heavy atom. The Balaban J connectivity index is 2.82. The Morgan fingerprint density at radius 1 is 1.71 bits per heavy atom. The molecule has 0 amide bonds. The van der Waals surface area contributed by atoms with Gasteiger partial charge in [0, 0.05) is 12.5 Å². The normalized spacial score (nSPS) is 34.1. The minimum absolute atomic E-state index is 0.203. The molecule has 0 aliphatic carbocycles. The molecule has 0 radical (unpaired) electrons. The van der Waals surface area contributed by atoms with Gasteiger partial charge < -0.3 is 9.64 Å². The maximum absolute atomic E-state index is 12.8. The Kier molecular flexibility index (Phi) is 3.48. The lowest BCUT2D eigenvalue weighted by Crippen LogP contribution is -2.51. The standard InChI is InChI=1S/C10H18FNO2/c1-10(9(13)14-3)7-12(2)5-4-8(10)6-11/h8H,4-7H2,1-3H3/t8?,10-/m1/s1. The second-order valence-corrected chi connectivity index (χ2v) is 4.29. The molecule has 1 rings (SSSR count). The van der Waals surface area contributed by atoms with Gasteiger partial charge in [-0.25, -0.2) is 0 Å². The van der Waals surface area contributed by atoms with Gasteiger partial charge in [0.05, 0.1) is 19.2 Å². The third kappa shape index (κ3) is 1.90. The first-order valence-electron chi connectivity index (χ1n) is 4.87. The van der Waals surface area contributed by atoms with Crippen molar-refractivity contribution < 1.29 is 13.9 Å². The molecule has 0 N–H and O–H groups in total. The van der Waals surface area contributed by atoms with Crippen molar-refractivity contribution in [1.29, 1.82) is 0 Å². The molecule has 0 aromatic heterocycles. The van der Waals surface area contributed by atoms with Crippen LogP contribution in [0, 0.1) is 11.3 Å². The molecule has 1 aliphatic heterocycles. The summed E-state index contributed by atoms with van der Waals surface area (Å²) < 4.78 is 17.5. The number of alkyl halides is 1. The number of nitrogens with zero attached hydrogens (tertiary/aromatic N) is 1. The number of likely N-dealkylation sites (tertiary alicyclic amines) is 1. The molecule has 14 heavy (non-hydrogen) atoms. The number of hydrogen-bond acceptors (Lipinski definition) is 3. The highest BCUT2D eigenvalue weighted by atomic mass is 19.1.